The molecule has 0 fully saturated rings. The molecule has 0 rings (SSSR count). The van der Waals surface area contributed by atoms with Gasteiger partial charge in [0.05, 0.1) is 11.4 Å². The molecule has 0 aliphatic carbocycles. The van der Waals surface area contributed by atoms with Gasteiger partial charge in [-0.2, -0.15) is 0 Å². The fourth-order valence-corrected chi connectivity index (χ4v) is 2.96. The first-order valence-electron chi connectivity index (χ1n) is 8.35. The summed E-state index contributed by atoms with van der Waals surface area (Å²) in [5.41, 5.74) is 0. The molecule has 20 heavy (non-hydrogen) atoms. The van der Waals surface area contributed by atoms with Crippen molar-refractivity contribution < 1.29 is 14.8 Å². The van der Waals surface area contributed by atoms with Crippen LogP contribution in [0.1, 0.15) is 84.0 Å². The van der Waals surface area contributed by atoms with Crippen molar-refractivity contribution in [1.29, 1.82) is 0 Å². The number of aliphatic hydroxyl groups excluding tert-OH is 2. The number of hydrogen-bond donors (Lipinski definition) is 3. The first kappa shape index (κ1) is 20.2. The Morgan fingerprint density at radius 2 is 1.30 bits per heavy atom. The summed E-state index contributed by atoms with van der Waals surface area (Å²) in [6.45, 7) is 2.27. The Bertz CT molecular complexity index is 191. The summed E-state index contributed by atoms with van der Waals surface area (Å²) in [6, 6.07) is 0. The Labute approximate surface area is 129 Å². The second kappa shape index (κ2) is 15.6. The van der Waals surface area contributed by atoms with E-state index < -0.39 is 6.10 Å². The van der Waals surface area contributed by atoms with Crippen molar-refractivity contribution in [2.75, 3.05) is 6.61 Å². The standard InChI is InChI=1S/C16H34O3S/c1-2-3-4-5-6-7-8-9-10-11-12-15(18)16(20-19)13-14-17/h15-19H,2-14H2,1H3. The molecule has 0 aliphatic rings. The molecule has 0 aromatic rings. The molecule has 2 atom stereocenters. The third-order valence-corrected chi connectivity index (χ3v) is 4.65. The SMILES string of the molecule is CCCCCCCCCCCCC(O)C(CCO)SO. The van der Waals surface area contributed by atoms with E-state index in [-0.39, 0.29) is 11.9 Å². The number of aliphatic hydroxyl groups is 2. The van der Waals surface area contributed by atoms with E-state index >= 15 is 0 Å². The molecule has 0 saturated heterocycles. The Kier molecular flexibility index (Phi) is 15.8. The Morgan fingerprint density at radius 3 is 1.75 bits per heavy atom. The van der Waals surface area contributed by atoms with Crippen LogP contribution in [0.4, 0.5) is 0 Å². The molecule has 0 aliphatic heterocycles. The molecule has 0 aromatic heterocycles. The maximum absolute atomic E-state index is 9.87. The summed E-state index contributed by atoms with van der Waals surface area (Å²) in [5, 5.41) is 18.5. The molecule has 2 unspecified atom stereocenters. The van der Waals surface area contributed by atoms with E-state index in [0.717, 1.165) is 19.3 Å². The van der Waals surface area contributed by atoms with Gasteiger partial charge in [-0.3, -0.25) is 0 Å². The molecule has 122 valence electrons. The van der Waals surface area contributed by atoms with Gasteiger partial charge < -0.3 is 14.8 Å². The van der Waals surface area contributed by atoms with Crippen LogP contribution in [0, 0.1) is 0 Å². The Hall–Kier alpha value is 0.230. The van der Waals surface area contributed by atoms with Crippen molar-refractivity contribution in [2.45, 2.75) is 95.3 Å². The third-order valence-electron chi connectivity index (χ3n) is 3.83. The molecular weight excluding hydrogens is 272 g/mol. The van der Waals surface area contributed by atoms with E-state index in [1.165, 1.54) is 51.4 Å². The molecule has 0 aromatic carbocycles. The Morgan fingerprint density at radius 1 is 0.800 bits per heavy atom. The normalized spacial score (nSPS) is 14.4. The maximum Gasteiger partial charge on any atom is 0.0681 e. The highest BCUT2D eigenvalue weighted by atomic mass is 32.2. The Balaban J connectivity index is 3.30. The summed E-state index contributed by atoms with van der Waals surface area (Å²) in [7, 11) is 0. The van der Waals surface area contributed by atoms with Gasteiger partial charge in [-0.1, -0.05) is 71.1 Å². The van der Waals surface area contributed by atoms with E-state index in [1.54, 1.807) is 0 Å². The summed E-state index contributed by atoms with van der Waals surface area (Å²) < 4.78 is 9.03. The molecule has 0 saturated carbocycles. The second-order valence-corrected chi connectivity index (χ2v) is 6.51. The molecule has 0 amide bonds. The predicted octanol–water partition coefficient (Wildman–Crippen LogP) is 4.62. The topological polar surface area (TPSA) is 60.7 Å². The van der Waals surface area contributed by atoms with Gasteiger partial charge in [0.2, 0.25) is 0 Å². The van der Waals surface area contributed by atoms with E-state index in [1.807, 2.05) is 0 Å². The third kappa shape index (κ3) is 12.0. The molecule has 0 heterocycles. The highest BCUT2D eigenvalue weighted by molar-refractivity contribution is 7.94. The molecular formula is C16H34O3S. The number of unbranched alkanes of at least 4 members (excludes halogenated alkanes) is 9. The lowest BCUT2D eigenvalue weighted by Gasteiger charge is -2.18. The summed E-state index contributed by atoms with van der Waals surface area (Å²) in [4.78, 5) is 0. The van der Waals surface area contributed by atoms with Crippen LogP contribution in [0.25, 0.3) is 0 Å². The van der Waals surface area contributed by atoms with Crippen LogP contribution in [-0.2, 0) is 0 Å². The second-order valence-electron chi connectivity index (χ2n) is 5.69. The zero-order valence-corrected chi connectivity index (χ0v) is 13.9. The van der Waals surface area contributed by atoms with Gasteiger partial charge >= 0.3 is 0 Å². The zero-order valence-electron chi connectivity index (χ0n) is 13.1. The molecule has 0 bridgehead atoms. The highest BCUT2D eigenvalue weighted by Gasteiger charge is 2.18. The fraction of sp³-hybridized carbons (Fsp3) is 1.00. The van der Waals surface area contributed by atoms with Crippen molar-refractivity contribution >= 4 is 12.0 Å². The van der Waals surface area contributed by atoms with Gasteiger partial charge in [-0.25, -0.2) is 0 Å². The maximum atomic E-state index is 9.87. The lowest BCUT2D eigenvalue weighted by molar-refractivity contribution is 0.142. The van der Waals surface area contributed by atoms with Crippen molar-refractivity contribution in [1.82, 2.24) is 0 Å². The molecule has 4 heteroatoms. The lowest BCUT2D eigenvalue weighted by Crippen LogP contribution is -2.23. The van der Waals surface area contributed by atoms with Crippen LogP contribution in [0.2, 0.25) is 0 Å². The van der Waals surface area contributed by atoms with Crippen molar-refractivity contribution in [3.05, 3.63) is 0 Å². The summed E-state index contributed by atoms with van der Waals surface area (Å²) in [5.74, 6) is 0. The van der Waals surface area contributed by atoms with Gasteiger partial charge in [-0.05, 0) is 24.9 Å². The lowest BCUT2D eigenvalue weighted by atomic mass is 10.0. The van der Waals surface area contributed by atoms with Crippen LogP contribution in [0.3, 0.4) is 0 Å². The van der Waals surface area contributed by atoms with Gasteiger partial charge in [0.25, 0.3) is 0 Å². The average molecular weight is 307 g/mol. The largest absolute Gasteiger partial charge is 0.396 e. The van der Waals surface area contributed by atoms with Crippen LogP contribution >= 0.6 is 12.0 Å². The van der Waals surface area contributed by atoms with Crippen LogP contribution in [0.15, 0.2) is 0 Å². The monoisotopic (exact) mass is 306 g/mol. The van der Waals surface area contributed by atoms with E-state index in [2.05, 4.69) is 6.92 Å². The van der Waals surface area contributed by atoms with Crippen molar-refractivity contribution in [2.24, 2.45) is 0 Å². The van der Waals surface area contributed by atoms with E-state index in [9.17, 15) is 5.11 Å². The molecule has 3 nitrogen and oxygen atoms in total. The summed E-state index contributed by atoms with van der Waals surface area (Å²) >= 11 is 0.674. The van der Waals surface area contributed by atoms with Gasteiger partial charge in [0.1, 0.15) is 0 Å². The van der Waals surface area contributed by atoms with Crippen LogP contribution < -0.4 is 0 Å². The quantitative estimate of drug-likeness (QED) is 0.305. The first-order chi connectivity index (χ1) is 9.76. The fourth-order valence-electron chi connectivity index (χ4n) is 2.47. The first-order valence-corrected chi connectivity index (χ1v) is 9.19. The van der Waals surface area contributed by atoms with Crippen LogP contribution in [0.5, 0.6) is 0 Å². The minimum absolute atomic E-state index is 0.0211. The minimum Gasteiger partial charge on any atom is -0.396 e. The zero-order chi connectivity index (χ0) is 15.1. The highest BCUT2D eigenvalue weighted by Crippen LogP contribution is 2.19. The van der Waals surface area contributed by atoms with Crippen molar-refractivity contribution in [3.8, 4) is 0 Å². The van der Waals surface area contributed by atoms with Crippen molar-refractivity contribution in [3.63, 3.8) is 0 Å². The average Bonchev–Trinajstić information content (AvgIpc) is 2.46. The van der Waals surface area contributed by atoms with Gasteiger partial charge in [0, 0.05) is 6.61 Å². The summed E-state index contributed by atoms with van der Waals surface area (Å²) in [6.07, 6.45) is 13.6. The van der Waals surface area contributed by atoms with E-state index in [4.69, 9.17) is 9.66 Å². The molecule has 0 spiro atoms. The van der Waals surface area contributed by atoms with Gasteiger partial charge in [-0.15, -0.1) is 0 Å². The molecule has 0 radical (unpaired) electrons. The smallest absolute Gasteiger partial charge is 0.0681 e. The van der Waals surface area contributed by atoms with E-state index in [0.29, 0.717) is 18.5 Å². The van der Waals surface area contributed by atoms with Gasteiger partial charge in [0.15, 0.2) is 0 Å². The number of hydrogen-bond acceptors (Lipinski definition) is 4. The minimum atomic E-state index is -0.494. The molecule has 3 N–H and O–H groups in total. The predicted molar refractivity (Wildman–Crippen MR) is 88.2 cm³/mol. The van der Waals surface area contributed by atoms with Crippen LogP contribution in [-0.4, -0.2) is 32.7 Å². The number of rotatable bonds is 15.